The molecule has 12 heavy (non-hydrogen) atoms. The maximum atomic E-state index is 2.13. The zero-order valence-electron chi connectivity index (χ0n) is 8.25. The Hall–Kier alpha value is -1.04. The van der Waals surface area contributed by atoms with Crippen molar-refractivity contribution in [3.05, 3.63) is 48.1 Å². The van der Waals surface area contributed by atoms with Crippen molar-refractivity contribution in [3.8, 4) is 0 Å². The Bertz CT molecular complexity index is 198. The van der Waals surface area contributed by atoms with Crippen LogP contribution in [0.1, 0.15) is 27.2 Å². The summed E-state index contributed by atoms with van der Waals surface area (Å²) >= 11 is 0. The maximum absolute atomic E-state index is 2.13. The van der Waals surface area contributed by atoms with Gasteiger partial charge in [0, 0.05) is 0 Å². The largest absolute Gasteiger partial charge is 0.0848 e. The predicted molar refractivity (Wildman–Crippen MR) is 57.1 cm³/mol. The van der Waals surface area contributed by atoms with Gasteiger partial charge in [0.15, 0.2) is 0 Å². The van der Waals surface area contributed by atoms with E-state index < -0.39 is 0 Å². The summed E-state index contributed by atoms with van der Waals surface area (Å²) in [5, 5.41) is 0. The highest BCUT2D eigenvalue weighted by molar-refractivity contribution is 5.17. The van der Waals surface area contributed by atoms with Crippen LogP contribution in [0.3, 0.4) is 0 Å². The third-order valence-corrected chi connectivity index (χ3v) is 1.25. The molecule has 0 aliphatic heterocycles. The summed E-state index contributed by atoms with van der Waals surface area (Å²) in [5.41, 5.74) is 1.32. The van der Waals surface area contributed by atoms with Crippen LogP contribution in [0.25, 0.3) is 0 Å². The molecular weight excluding hydrogens is 144 g/mol. The van der Waals surface area contributed by atoms with Crippen LogP contribution < -0.4 is 0 Å². The van der Waals surface area contributed by atoms with Crippen molar-refractivity contribution < 1.29 is 0 Å². The Balaban J connectivity index is 3.67. The van der Waals surface area contributed by atoms with Crippen LogP contribution in [0.2, 0.25) is 0 Å². The summed E-state index contributed by atoms with van der Waals surface area (Å²) in [5.74, 6) is 0. The number of hydrogen-bond acceptors (Lipinski definition) is 0. The minimum Gasteiger partial charge on any atom is -0.0848 e. The normalized spacial score (nSPS) is 11.9. The summed E-state index contributed by atoms with van der Waals surface area (Å²) in [6.07, 6.45) is 15.5. The Morgan fingerprint density at radius 3 is 2.08 bits per heavy atom. The first kappa shape index (κ1) is 11.0. The van der Waals surface area contributed by atoms with Gasteiger partial charge in [-0.15, -0.1) is 0 Å². The zero-order valence-corrected chi connectivity index (χ0v) is 8.25. The molecule has 0 fully saturated rings. The second-order valence-corrected chi connectivity index (χ2v) is 2.85. The first-order valence-corrected chi connectivity index (χ1v) is 4.40. The highest BCUT2D eigenvalue weighted by Gasteiger charge is 1.68. The van der Waals surface area contributed by atoms with Gasteiger partial charge < -0.3 is 0 Å². The van der Waals surface area contributed by atoms with E-state index in [1.807, 2.05) is 24.3 Å². The lowest BCUT2D eigenvalue weighted by Gasteiger charge is -1.79. The number of rotatable bonds is 4. The molecule has 0 spiro atoms. The van der Waals surface area contributed by atoms with Crippen LogP contribution in [-0.4, -0.2) is 0 Å². The van der Waals surface area contributed by atoms with Gasteiger partial charge in [-0.2, -0.15) is 0 Å². The second kappa shape index (κ2) is 8.06. The minimum absolute atomic E-state index is 1.10. The van der Waals surface area contributed by atoms with E-state index in [0.29, 0.717) is 0 Å². The fourth-order valence-electron chi connectivity index (χ4n) is 0.655. The molecule has 0 heteroatoms. The molecule has 0 nitrogen and oxygen atoms in total. The SMILES string of the molecule is CC/C=C/C=C\C=C/C=C(C)C. The molecule has 0 aromatic heterocycles. The van der Waals surface area contributed by atoms with Gasteiger partial charge in [-0.05, 0) is 20.3 Å². The molecule has 0 atom stereocenters. The second-order valence-electron chi connectivity index (χ2n) is 2.85. The summed E-state index contributed by atoms with van der Waals surface area (Å²) in [4.78, 5) is 0. The van der Waals surface area contributed by atoms with E-state index in [9.17, 15) is 0 Å². The molecule has 0 aliphatic carbocycles. The third kappa shape index (κ3) is 8.96. The molecule has 0 aromatic rings. The van der Waals surface area contributed by atoms with E-state index >= 15 is 0 Å². The van der Waals surface area contributed by atoms with Gasteiger partial charge in [-0.25, -0.2) is 0 Å². The van der Waals surface area contributed by atoms with Crippen LogP contribution >= 0.6 is 0 Å². The van der Waals surface area contributed by atoms with Crippen LogP contribution in [0, 0.1) is 0 Å². The third-order valence-electron chi connectivity index (χ3n) is 1.25. The standard InChI is InChI=1S/C12H18/c1-4-5-6-7-8-9-10-11-12(2)3/h5-11H,4H2,1-3H3/b6-5+,8-7-,10-9-. The summed E-state index contributed by atoms with van der Waals surface area (Å²) < 4.78 is 0. The lowest BCUT2D eigenvalue weighted by atomic mass is 10.3. The summed E-state index contributed by atoms with van der Waals surface area (Å²) in [7, 11) is 0. The topological polar surface area (TPSA) is 0 Å². The van der Waals surface area contributed by atoms with Crippen LogP contribution in [0.4, 0.5) is 0 Å². The Morgan fingerprint density at radius 1 is 0.917 bits per heavy atom. The van der Waals surface area contributed by atoms with Gasteiger partial charge in [0.25, 0.3) is 0 Å². The highest BCUT2D eigenvalue weighted by Crippen LogP contribution is 1.89. The van der Waals surface area contributed by atoms with Crippen molar-refractivity contribution in [1.82, 2.24) is 0 Å². The van der Waals surface area contributed by atoms with Gasteiger partial charge in [0.1, 0.15) is 0 Å². The summed E-state index contributed by atoms with van der Waals surface area (Å²) in [6.45, 7) is 6.30. The van der Waals surface area contributed by atoms with Crippen molar-refractivity contribution in [2.24, 2.45) is 0 Å². The van der Waals surface area contributed by atoms with Crippen LogP contribution in [0.5, 0.6) is 0 Å². The Labute approximate surface area is 76.0 Å². The van der Waals surface area contributed by atoms with E-state index in [4.69, 9.17) is 0 Å². The number of allylic oxidation sites excluding steroid dienone is 8. The van der Waals surface area contributed by atoms with E-state index in [2.05, 4.69) is 39.0 Å². The molecule has 0 aliphatic rings. The van der Waals surface area contributed by atoms with Crippen molar-refractivity contribution in [3.63, 3.8) is 0 Å². The van der Waals surface area contributed by atoms with E-state index in [0.717, 1.165) is 6.42 Å². The minimum atomic E-state index is 1.10. The molecule has 0 rings (SSSR count). The van der Waals surface area contributed by atoms with Crippen LogP contribution in [-0.2, 0) is 0 Å². The number of hydrogen-bond donors (Lipinski definition) is 0. The van der Waals surface area contributed by atoms with E-state index in [1.54, 1.807) is 0 Å². The molecule has 0 saturated carbocycles. The molecule has 0 bridgehead atoms. The molecular formula is C12H18. The first-order valence-electron chi connectivity index (χ1n) is 4.40. The average molecular weight is 162 g/mol. The molecule has 0 unspecified atom stereocenters. The monoisotopic (exact) mass is 162 g/mol. The van der Waals surface area contributed by atoms with Gasteiger partial charge in [-0.1, -0.05) is 55.0 Å². The maximum Gasteiger partial charge on any atom is -0.0376 e. The molecule has 0 radical (unpaired) electrons. The predicted octanol–water partition coefficient (Wildman–Crippen LogP) is 4.03. The molecule has 0 heterocycles. The highest BCUT2D eigenvalue weighted by atomic mass is 13.8. The van der Waals surface area contributed by atoms with Crippen LogP contribution in [0.15, 0.2) is 48.1 Å². The fourth-order valence-corrected chi connectivity index (χ4v) is 0.655. The Kier molecular flexibility index (Phi) is 7.36. The average Bonchev–Trinajstić information content (AvgIpc) is 2.02. The van der Waals surface area contributed by atoms with E-state index in [-0.39, 0.29) is 0 Å². The fraction of sp³-hybridized carbons (Fsp3) is 0.333. The van der Waals surface area contributed by atoms with Crippen molar-refractivity contribution in [2.75, 3.05) is 0 Å². The van der Waals surface area contributed by atoms with Gasteiger partial charge in [0.2, 0.25) is 0 Å². The molecule has 0 amide bonds. The van der Waals surface area contributed by atoms with Crippen molar-refractivity contribution in [1.29, 1.82) is 0 Å². The molecule has 0 N–H and O–H groups in total. The van der Waals surface area contributed by atoms with Crippen molar-refractivity contribution >= 4 is 0 Å². The molecule has 0 aromatic carbocycles. The van der Waals surface area contributed by atoms with Gasteiger partial charge in [0.05, 0.1) is 0 Å². The Morgan fingerprint density at radius 2 is 1.50 bits per heavy atom. The van der Waals surface area contributed by atoms with Gasteiger partial charge >= 0.3 is 0 Å². The van der Waals surface area contributed by atoms with Crippen molar-refractivity contribution in [2.45, 2.75) is 27.2 Å². The smallest absolute Gasteiger partial charge is 0.0376 e. The van der Waals surface area contributed by atoms with E-state index in [1.165, 1.54) is 5.57 Å². The first-order chi connectivity index (χ1) is 5.77. The lowest BCUT2D eigenvalue weighted by Crippen LogP contribution is -1.58. The molecule has 0 saturated heterocycles. The quantitative estimate of drug-likeness (QED) is 0.547. The summed E-state index contributed by atoms with van der Waals surface area (Å²) in [6, 6.07) is 0. The lowest BCUT2D eigenvalue weighted by molar-refractivity contribution is 1.22. The van der Waals surface area contributed by atoms with Gasteiger partial charge in [-0.3, -0.25) is 0 Å². The molecule has 66 valence electrons. The zero-order chi connectivity index (χ0) is 9.23.